The van der Waals surface area contributed by atoms with Gasteiger partial charge in [0, 0.05) is 0 Å². The van der Waals surface area contributed by atoms with Gasteiger partial charge in [-0.1, -0.05) is 159 Å². The SMILES string of the molecule is CC(C)(C)P(c1ccc(-c2c3ccccc3c(-c3ccc4ccccc4c3)c3ccccc23)cc1)C(C)(C)C. The van der Waals surface area contributed by atoms with Crippen LogP contribution >= 0.6 is 7.92 Å². The van der Waals surface area contributed by atoms with Crippen molar-refractivity contribution in [3.05, 3.63) is 115 Å². The summed E-state index contributed by atoms with van der Waals surface area (Å²) in [5.41, 5.74) is 5.20. The molecule has 6 rings (SSSR count). The van der Waals surface area contributed by atoms with Crippen LogP contribution in [0.2, 0.25) is 0 Å². The second-order valence-corrected chi connectivity index (χ2v) is 16.5. The molecular formula is C38H37P. The van der Waals surface area contributed by atoms with E-state index in [1.807, 2.05) is 0 Å². The molecule has 0 N–H and O–H groups in total. The minimum Gasteiger partial charge on any atom is -0.0643 e. The quantitative estimate of drug-likeness (QED) is 0.159. The predicted octanol–water partition coefficient (Wildman–Crippen LogP) is 11.2. The Hall–Kier alpha value is -3.47. The van der Waals surface area contributed by atoms with Crippen LogP contribution in [0.3, 0.4) is 0 Å². The Morgan fingerprint density at radius 1 is 0.410 bits per heavy atom. The van der Waals surface area contributed by atoms with E-state index in [2.05, 4.69) is 157 Å². The van der Waals surface area contributed by atoms with Crippen molar-refractivity contribution in [2.24, 2.45) is 0 Å². The van der Waals surface area contributed by atoms with Crippen LogP contribution < -0.4 is 5.30 Å². The third-order valence-electron chi connectivity index (χ3n) is 7.73. The molecule has 0 fully saturated rings. The first-order valence-corrected chi connectivity index (χ1v) is 15.3. The van der Waals surface area contributed by atoms with E-state index >= 15 is 0 Å². The smallest absolute Gasteiger partial charge is 0.00262 e. The van der Waals surface area contributed by atoms with Crippen molar-refractivity contribution in [1.29, 1.82) is 0 Å². The van der Waals surface area contributed by atoms with Gasteiger partial charge in [0.05, 0.1) is 0 Å². The van der Waals surface area contributed by atoms with E-state index in [0.717, 1.165) is 0 Å². The number of hydrogen-bond donors (Lipinski definition) is 0. The molecule has 0 heterocycles. The Morgan fingerprint density at radius 2 is 0.821 bits per heavy atom. The molecule has 6 aromatic carbocycles. The average molecular weight is 525 g/mol. The maximum atomic E-state index is 2.40. The third-order valence-corrected chi connectivity index (χ3v) is 11.2. The molecule has 0 bridgehead atoms. The number of rotatable bonds is 3. The maximum Gasteiger partial charge on any atom is -0.00262 e. The number of hydrogen-bond acceptors (Lipinski definition) is 0. The Kier molecular flexibility index (Phi) is 6.36. The lowest BCUT2D eigenvalue weighted by Crippen LogP contribution is -2.30. The summed E-state index contributed by atoms with van der Waals surface area (Å²) < 4.78 is 0. The molecule has 194 valence electrons. The van der Waals surface area contributed by atoms with Crippen LogP contribution in [0.5, 0.6) is 0 Å². The molecule has 0 aliphatic carbocycles. The highest BCUT2D eigenvalue weighted by atomic mass is 31.1. The van der Waals surface area contributed by atoms with Crippen LogP contribution in [0.25, 0.3) is 54.6 Å². The zero-order valence-electron chi connectivity index (χ0n) is 23.9. The van der Waals surface area contributed by atoms with Crippen molar-refractivity contribution in [2.75, 3.05) is 0 Å². The van der Waals surface area contributed by atoms with E-state index < -0.39 is 0 Å². The van der Waals surface area contributed by atoms with Crippen LogP contribution in [-0.2, 0) is 0 Å². The van der Waals surface area contributed by atoms with Crippen LogP contribution in [0, 0.1) is 0 Å². The highest BCUT2D eigenvalue weighted by Gasteiger charge is 2.35. The van der Waals surface area contributed by atoms with Gasteiger partial charge in [0.15, 0.2) is 0 Å². The van der Waals surface area contributed by atoms with Gasteiger partial charge in [-0.15, -0.1) is 0 Å². The first-order valence-electron chi connectivity index (χ1n) is 14.0. The molecule has 0 aromatic heterocycles. The lowest BCUT2D eigenvalue weighted by molar-refractivity contribution is 0.715. The molecule has 0 amide bonds. The van der Waals surface area contributed by atoms with Crippen molar-refractivity contribution in [2.45, 2.75) is 51.9 Å². The van der Waals surface area contributed by atoms with Gasteiger partial charge >= 0.3 is 0 Å². The second-order valence-electron chi connectivity index (χ2n) is 12.6. The van der Waals surface area contributed by atoms with E-state index in [-0.39, 0.29) is 18.2 Å². The van der Waals surface area contributed by atoms with E-state index in [1.165, 1.54) is 59.9 Å². The molecule has 6 aromatic rings. The minimum absolute atomic E-state index is 0.246. The van der Waals surface area contributed by atoms with Crippen molar-refractivity contribution < 1.29 is 0 Å². The Bertz CT molecular complexity index is 1740. The fraction of sp³-hybridized carbons (Fsp3) is 0.211. The minimum atomic E-state index is -0.339. The molecule has 0 spiro atoms. The van der Waals surface area contributed by atoms with Crippen LogP contribution in [-0.4, -0.2) is 10.3 Å². The lowest BCUT2D eigenvalue weighted by atomic mass is 9.85. The average Bonchev–Trinajstić information content (AvgIpc) is 2.90. The summed E-state index contributed by atoms with van der Waals surface area (Å²) in [5.74, 6) is 0. The molecule has 0 aliphatic heterocycles. The predicted molar refractivity (Wildman–Crippen MR) is 176 cm³/mol. The van der Waals surface area contributed by atoms with Crippen molar-refractivity contribution >= 4 is 45.5 Å². The zero-order valence-corrected chi connectivity index (χ0v) is 24.8. The highest BCUT2D eigenvalue weighted by molar-refractivity contribution is 7.68. The molecule has 39 heavy (non-hydrogen) atoms. The Morgan fingerprint density at radius 3 is 1.31 bits per heavy atom. The number of benzene rings is 6. The molecular weight excluding hydrogens is 487 g/mol. The summed E-state index contributed by atoms with van der Waals surface area (Å²) in [6, 6.07) is 42.9. The molecule has 0 saturated heterocycles. The summed E-state index contributed by atoms with van der Waals surface area (Å²) in [7, 11) is -0.339. The topological polar surface area (TPSA) is 0 Å². The Labute approximate surface area is 234 Å². The largest absolute Gasteiger partial charge is 0.0643 e. The Balaban J connectivity index is 1.60. The third kappa shape index (κ3) is 4.66. The molecule has 0 unspecified atom stereocenters. The summed E-state index contributed by atoms with van der Waals surface area (Å²) in [6.07, 6.45) is 0. The summed E-state index contributed by atoms with van der Waals surface area (Å²) in [4.78, 5) is 0. The maximum absolute atomic E-state index is 2.40. The molecule has 0 nitrogen and oxygen atoms in total. The molecule has 0 atom stereocenters. The van der Waals surface area contributed by atoms with Gasteiger partial charge in [-0.25, -0.2) is 0 Å². The van der Waals surface area contributed by atoms with Crippen LogP contribution in [0.15, 0.2) is 115 Å². The van der Waals surface area contributed by atoms with Gasteiger partial charge in [0.2, 0.25) is 0 Å². The van der Waals surface area contributed by atoms with E-state index in [1.54, 1.807) is 0 Å². The second kappa shape index (κ2) is 9.62. The summed E-state index contributed by atoms with van der Waals surface area (Å²) in [5, 5.41) is 9.74. The number of fused-ring (bicyclic) bond motifs is 3. The fourth-order valence-corrected chi connectivity index (χ4v) is 10.7. The highest BCUT2D eigenvalue weighted by Crippen LogP contribution is 2.58. The van der Waals surface area contributed by atoms with Gasteiger partial charge < -0.3 is 0 Å². The summed E-state index contributed by atoms with van der Waals surface area (Å²) in [6.45, 7) is 14.4. The standard InChI is InChI=1S/C38H37P/c1-37(2,3)39(38(4,5)6)30-23-21-27(22-24-30)35-31-15-9-11-17-33(31)36(34-18-12-10-16-32(34)35)29-20-19-26-13-7-8-14-28(26)25-29/h7-25H,1-6H3. The zero-order chi connectivity index (χ0) is 27.4. The van der Waals surface area contributed by atoms with E-state index in [4.69, 9.17) is 0 Å². The van der Waals surface area contributed by atoms with Crippen molar-refractivity contribution in [1.82, 2.24) is 0 Å². The monoisotopic (exact) mass is 524 g/mol. The first kappa shape index (κ1) is 25.8. The first-order chi connectivity index (χ1) is 18.6. The van der Waals surface area contributed by atoms with E-state index in [0.29, 0.717) is 0 Å². The van der Waals surface area contributed by atoms with Crippen LogP contribution in [0.1, 0.15) is 41.5 Å². The normalized spacial score (nSPS) is 12.6. The van der Waals surface area contributed by atoms with E-state index in [9.17, 15) is 0 Å². The van der Waals surface area contributed by atoms with Crippen molar-refractivity contribution in [3.8, 4) is 22.3 Å². The van der Waals surface area contributed by atoms with Gasteiger partial charge in [-0.2, -0.15) is 0 Å². The van der Waals surface area contributed by atoms with Gasteiger partial charge in [-0.05, 0) is 76.3 Å². The van der Waals surface area contributed by atoms with Gasteiger partial charge in [-0.3, -0.25) is 0 Å². The van der Waals surface area contributed by atoms with Crippen molar-refractivity contribution in [3.63, 3.8) is 0 Å². The lowest BCUT2D eigenvalue weighted by Gasteiger charge is -2.41. The van der Waals surface area contributed by atoms with Crippen LogP contribution in [0.4, 0.5) is 0 Å². The molecule has 0 aliphatic rings. The van der Waals surface area contributed by atoms with Gasteiger partial charge in [0.25, 0.3) is 0 Å². The fourth-order valence-electron chi connectivity index (χ4n) is 6.65. The summed E-state index contributed by atoms with van der Waals surface area (Å²) >= 11 is 0. The molecule has 0 radical (unpaired) electrons. The van der Waals surface area contributed by atoms with Gasteiger partial charge in [0.1, 0.15) is 0 Å². The molecule has 1 heteroatoms. The molecule has 0 saturated carbocycles.